The summed E-state index contributed by atoms with van der Waals surface area (Å²) in [5.74, 6) is -0.929. The Labute approximate surface area is 467 Å². The second-order valence-corrected chi connectivity index (χ2v) is 19.9. The lowest BCUT2D eigenvalue weighted by Crippen LogP contribution is -2.30. The van der Waals surface area contributed by atoms with Crippen LogP contribution in [0.1, 0.15) is 258 Å². The van der Waals surface area contributed by atoms with Crippen molar-refractivity contribution >= 4 is 17.9 Å². The quantitative estimate of drug-likeness (QED) is 0.0261. The van der Waals surface area contributed by atoms with Crippen molar-refractivity contribution in [3.63, 3.8) is 0 Å². The van der Waals surface area contributed by atoms with Gasteiger partial charge in [0.25, 0.3) is 0 Å². The molecule has 0 fully saturated rings. The van der Waals surface area contributed by atoms with E-state index in [0.717, 1.165) is 161 Å². The van der Waals surface area contributed by atoms with E-state index in [9.17, 15) is 14.4 Å². The summed E-state index contributed by atoms with van der Waals surface area (Å²) in [7, 11) is 0. The number of ether oxygens (including phenoxy) is 3. The number of esters is 3. The molecule has 1 unspecified atom stereocenters. The van der Waals surface area contributed by atoms with Gasteiger partial charge in [0.1, 0.15) is 13.2 Å². The van der Waals surface area contributed by atoms with E-state index in [1.807, 2.05) is 0 Å². The fraction of sp³-hybridized carbons (Fsp3) is 0.614. The molecule has 0 rings (SSSR count). The first kappa shape index (κ1) is 71.3. The summed E-state index contributed by atoms with van der Waals surface area (Å²) in [6.07, 6.45) is 90.1. The SMILES string of the molecule is CC/C=C\C/C=C\C/C=C\C/C=C\C/C=C\C/C=C\C/C=C\C/C=C\C/C=C\CCCCCCCC(=O)OCC(COC(=O)CCCCCCCCCC)OC(=O)CCCCCCCCC/C=C\C/C=C\C/C=C\CC. The summed E-state index contributed by atoms with van der Waals surface area (Å²) < 4.78 is 16.8. The summed E-state index contributed by atoms with van der Waals surface area (Å²) in [4.78, 5) is 38.1. The molecular formula is C70H112O6. The Balaban J connectivity index is 4.25. The molecule has 0 saturated carbocycles. The summed E-state index contributed by atoms with van der Waals surface area (Å²) in [5, 5.41) is 0. The van der Waals surface area contributed by atoms with Gasteiger partial charge >= 0.3 is 17.9 Å². The van der Waals surface area contributed by atoms with Crippen molar-refractivity contribution in [1.82, 2.24) is 0 Å². The molecule has 0 radical (unpaired) electrons. The van der Waals surface area contributed by atoms with Crippen LogP contribution in [-0.2, 0) is 28.6 Å². The predicted octanol–water partition coefficient (Wildman–Crippen LogP) is 21.2. The highest BCUT2D eigenvalue weighted by Gasteiger charge is 2.19. The second-order valence-electron chi connectivity index (χ2n) is 19.9. The zero-order valence-electron chi connectivity index (χ0n) is 49.0. The minimum atomic E-state index is -0.794. The second kappa shape index (κ2) is 62.8. The van der Waals surface area contributed by atoms with Crippen molar-refractivity contribution in [3.8, 4) is 0 Å². The third-order valence-electron chi connectivity index (χ3n) is 12.6. The van der Waals surface area contributed by atoms with E-state index in [1.165, 1.54) is 57.8 Å². The lowest BCUT2D eigenvalue weighted by Gasteiger charge is -2.18. The lowest BCUT2D eigenvalue weighted by atomic mass is 10.1. The van der Waals surface area contributed by atoms with Crippen LogP contribution in [0, 0.1) is 0 Å². The monoisotopic (exact) mass is 1050 g/mol. The molecule has 0 aliphatic heterocycles. The molecule has 0 aliphatic rings. The Kier molecular flexibility index (Phi) is 58.9. The highest BCUT2D eigenvalue weighted by Crippen LogP contribution is 2.14. The third kappa shape index (κ3) is 60.2. The van der Waals surface area contributed by atoms with Gasteiger partial charge in [-0.25, -0.2) is 0 Å². The average Bonchev–Trinajstić information content (AvgIpc) is 3.42. The Bertz CT molecular complexity index is 1680. The number of rotatable bonds is 54. The highest BCUT2D eigenvalue weighted by molar-refractivity contribution is 5.71. The van der Waals surface area contributed by atoms with E-state index in [4.69, 9.17) is 14.2 Å². The van der Waals surface area contributed by atoms with Crippen molar-refractivity contribution in [1.29, 1.82) is 0 Å². The maximum Gasteiger partial charge on any atom is 0.306 e. The highest BCUT2D eigenvalue weighted by atomic mass is 16.6. The molecule has 0 aromatic heterocycles. The maximum absolute atomic E-state index is 12.8. The maximum atomic E-state index is 12.8. The van der Waals surface area contributed by atoms with E-state index >= 15 is 0 Å². The molecule has 428 valence electrons. The molecular weight excluding hydrogens is 937 g/mol. The van der Waals surface area contributed by atoms with E-state index in [0.29, 0.717) is 19.3 Å². The summed E-state index contributed by atoms with van der Waals surface area (Å²) in [5.41, 5.74) is 0. The van der Waals surface area contributed by atoms with Gasteiger partial charge in [0.05, 0.1) is 0 Å². The van der Waals surface area contributed by atoms with E-state index in [2.05, 4.69) is 167 Å². The summed E-state index contributed by atoms with van der Waals surface area (Å²) in [6.45, 7) is 6.35. The number of carbonyl (C=O) groups excluding carboxylic acids is 3. The molecule has 0 saturated heterocycles. The van der Waals surface area contributed by atoms with Gasteiger partial charge in [-0.3, -0.25) is 14.4 Å². The largest absolute Gasteiger partial charge is 0.462 e. The molecule has 0 aromatic carbocycles. The Morgan fingerprint density at radius 2 is 0.513 bits per heavy atom. The van der Waals surface area contributed by atoms with Gasteiger partial charge < -0.3 is 14.2 Å². The van der Waals surface area contributed by atoms with Gasteiger partial charge in [-0.15, -0.1) is 0 Å². The van der Waals surface area contributed by atoms with Crippen LogP contribution in [0.2, 0.25) is 0 Å². The van der Waals surface area contributed by atoms with Crippen molar-refractivity contribution < 1.29 is 28.6 Å². The van der Waals surface area contributed by atoms with Gasteiger partial charge in [0.2, 0.25) is 0 Å². The Hall–Kier alpha value is -4.71. The van der Waals surface area contributed by atoms with E-state index in [-0.39, 0.29) is 31.1 Å². The van der Waals surface area contributed by atoms with Crippen molar-refractivity contribution in [3.05, 3.63) is 146 Å². The standard InChI is InChI=1S/C70H112O6/c1-4-7-10-13-16-19-21-23-25-27-28-29-30-31-32-33-34-35-36-37-38-39-40-41-42-44-45-47-49-51-54-57-60-63-69(72)75-66-67(65-74-68(71)62-59-56-53-18-15-12-9-6-3)76-70(73)64-61-58-55-52-50-48-46-43-26-24-22-20-17-14-11-8-5-2/h7-8,10-11,16-17,19-20,23-26,28-29,31-32,34-35,37-38,40-41,44-45,67H,4-6,9,12-15,18,21-22,27,30,33,36,39,42-43,46-66H2,1-3H3/b10-7-,11-8-,19-16-,20-17-,25-23-,26-24-,29-28-,32-31-,35-34-,38-37-,41-40-,45-44-. The van der Waals surface area contributed by atoms with Crippen LogP contribution in [0.5, 0.6) is 0 Å². The summed E-state index contributed by atoms with van der Waals surface area (Å²) in [6, 6.07) is 0. The minimum Gasteiger partial charge on any atom is -0.462 e. The van der Waals surface area contributed by atoms with Crippen LogP contribution in [0.25, 0.3) is 0 Å². The Morgan fingerprint density at radius 1 is 0.276 bits per heavy atom. The lowest BCUT2D eigenvalue weighted by molar-refractivity contribution is -0.167. The number of unbranched alkanes of at least 4 members (excludes halogenated alkanes) is 19. The molecule has 0 aromatic rings. The van der Waals surface area contributed by atoms with Crippen molar-refractivity contribution in [2.45, 2.75) is 264 Å². The molecule has 0 bridgehead atoms. The van der Waals surface area contributed by atoms with Crippen LogP contribution < -0.4 is 0 Å². The van der Waals surface area contributed by atoms with Crippen molar-refractivity contribution in [2.75, 3.05) is 13.2 Å². The number of hydrogen-bond acceptors (Lipinski definition) is 6. The van der Waals surface area contributed by atoms with Gasteiger partial charge in [0.15, 0.2) is 6.10 Å². The van der Waals surface area contributed by atoms with Gasteiger partial charge in [-0.1, -0.05) is 263 Å². The van der Waals surface area contributed by atoms with Crippen LogP contribution in [0.15, 0.2) is 146 Å². The molecule has 0 heterocycles. The fourth-order valence-corrected chi connectivity index (χ4v) is 8.04. The number of carbonyl (C=O) groups is 3. The first-order valence-corrected chi connectivity index (χ1v) is 30.8. The van der Waals surface area contributed by atoms with Gasteiger partial charge in [0, 0.05) is 19.3 Å². The molecule has 0 spiro atoms. The van der Waals surface area contributed by atoms with E-state index < -0.39 is 6.10 Å². The smallest absolute Gasteiger partial charge is 0.306 e. The topological polar surface area (TPSA) is 78.9 Å². The third-order valence-corrected chi connectivity index (χ3v) is 12.6. The van der Waals surface area contributed by atoms with Gasteiger partial charge in [-0.05, 0) is 122 Å². The van der Waals surface area contributed by atoms with Crippen molar-refractivity contribution in [2.24, 2.45) is 0 Å². The van der Waals surface area contributed by atoms with Crippen LogP contribution in [0.3, 0.4) is 0 Å². The Morgan fingerprint density at radius 3 is 0.803 bits per heavy atom. The molecule has 0 N–H and O–H groups in total. The molecule has 1 atom stereocenters. The first-order chi connectivity index (χ1) is 37.5. The molecule has 0 amide bonds. The predicted molar refractivity (Wildman–Crippen MR) is 329 cm³/mol. The molecule has 76 heavy (non-hydrogen) atoms. The molecule has 6 nitrogen and oxygen atoms in total. The van der Waals surface area contributed by atoms with Crippen LogP contribution >= 0.6 is 0 Å². The molecule has 0 aliphatic carbocycles. The van der Waals surface area contributed by atoms with Gasteiger partial charge in [-0.2, -0.15) is 0 Å². The fourth-order valence-electron chi connectivity index (χ4n) is 8.04. The minimum absolute atomic E-state index is 0.0915. The number of allylic oxidation sites excluding steroid dienone is 24. The normalized spacial score (nSPS) is 13.1. The number of hydrogen-bond donors (Lipinski definition) is 0. The summed E-state index contributed by atoms with van der Waals surface area (Å²) >= 11 is 0. The zero-order valence-corrected chi connectivity index (χ0v) is 49.0. The van der Waals surface area contributed by atoms with Crippen LogP contribution in [-0.4, -0.2) is 37.2 Å². The van der Waals surface area contributed by atoms with Crippen LogP contribution in [0.4, 0.5) is 0 Å². The molecule has 6 heteroatoms. The van der Waals surface area contributed by atoms with E-state index in [1.54, 1.807) is 0 Å². The first-order valence-electron chi connectivity index (χ1n) is 30.8. The zero-order chi connectivity index (χ0) is 55.0. The average molecular weight is 1050 g/mol.